The Morgan fingerprint density at radius 1 is 1.34 bits per heavy atom. The average Bonchev–Trinajstić information content (AvgIpc) is 2.96. The van der Waals surface area contributed by atoms with Crippen molar-refractivity contribution in [2.45, 2.75) is 39.2 Å². The van der Waals surface area contributed by atoms with Crippen molar-refractivity contribution >= 4 is 40.9 Å². The molecule has 2 aliphatic rings. The van der Waals surface area contributed by atoms with Gasteiger partial charge in [-0.15, -0.1) is 0 Å². The topological polar surface area (TPSA) is 116 Å². The molecule has 0 spiro atoms. The molecule has 0 saturated carbocycles. The zero-order valence-electron chi connectivity index (χ0n) is 16.7. The van der Waals surface area contributed by atoms with Gasteiger partial charge in [0.15, 0.2) is 0 Å². The third-order valence-corrected chi connectivity index (χ3v) is 5.83. The van der Waals surface area contributed by atoms with Gasteiger partial charge in [0.25, 0.3) is 11.1 Å². The van der Waals surface area contributed by atoms with E-state index < -0.39 is 17.5 Å². The van der Waals surface area contributed by atoms with E-state index in [1.807, 2.05) is 20.8 Å². The summed E-state index contributed by atoms with van der Waals surface area (Å²) in [7, 11) is 0. The van der Waals surface area contributed by atoms with Crippen LogP contribution in [-0.4, -0.2) is 62.4 Å². The Hall–Kier alpha value is -2.62. The molecule has 10 heteroatoms. The smallest absolute Gasteiger partial charge is 0.407 e. The molecule has 0 atom stereocenters. The number of aromatic nitrogens is 2. The lowest BCUT2D eigenvalue weighted by Crippen LogP contribution is -2.49. The molecule has 0 aromatic carbocycles. The Morgan fingerprint density at radius 2 is 2.03 bits per heavy atom. The van der Waals surface area contributed by atoms with E-state index in [4.69, 9.17) is 0 Å². The van der Waals surface area contributed by atoms with Gasteiger partial charge in [-0.2, -0.15) is 0 Å². The fourth-order valence-corrected chi connectivity index (χ4v) is 4.08. The van der Waals surface area contributed by atoms with E-state index in [-0.39, 0.29) is 5.24 Å². The van der Waals surface area contributed by atoms with Gasteiger partial charge in [0.1, 0.15) is 12.1 Å². The maximum Gasteiger partial charge on any atom is 0.407 e. The van der Waals surface area contributed by atoms with Crippen LogP contribution in [0.3, 0.4) is 0 Å². The zero-order valence-corrected chi connectivity index (χ0v) is 17.5. The Bertz CT molecular complexity index is 843. The Balaban J connectivity index is 1.63. The number of hydrogen-bond acceptors (Lipinski definition) is 7. The highest BCUT2D eigenvalue weighted by Gasteiger charge is 2.30. The summed E-state index contributed by atoms with van der Waals surface area (Å²) >= 11 is 0.855. The van der Waals surface area contributed by atoms with Crippen LogP contribution in [0.4, 0.5) is 15.4 Å². The number of nitrogens with one attached hydrogen (secondary N) is 1. The maximum atomic E-state index is 11.7. The fraction of sp³-hybridized carbons (Fsp3) is 0.526. The lowest BCUT2D eigenvalue weighted by atomic mass is 9.94. The molecule has 0 radical (unpaired) electrons. The third-order valence-electron chi connectivity index (χ3n) is 5.01. The van der Waals surface area contributed by atoms with Crippen LogP contribution in [0.15, 0.2) is 17.3 Å². The minimum Gasteiger partial charge on any atom is -0.465 e. The normalized spacial score (nSPS) is 19.6. The Morgan fingerprint density at radius 3 is 2.59 bits per heavy atom. The molecule has 2 fully saturated rings. The summed E-state index contributed by atoms with van der Waals surface area (Å²) in [5.41, 5.74) is 0.137. The van der Waals surface area contributed by atoms with Gasteiger partial charge in [0.2, 0.25) is 0 Å². The van der Waals surface area contributed by atoms with Gasteiger partial charge in [-0.3, -0.25) is 14.9 Å². The van der Waals surface area contributed by atoms with Gasteiger partial charge in [-0.1, -0.05) is 0 Å². The van der Waals surface area contributed by atoms with Crippen LogP contribution in [0, 0.1) is 5.92 Å². The number of amides is 3. The molecule has 9 nitrogen and oxygen atoms in total. The first-order valence-electron chi connectivity index (χ1n) is 9.46. The van der Waals surface area contributed by atoms with Crippen molar-refractivity contribution < 1.29 is 19.5 Å². The van der Waals surface area contributed by atoms with Gasteiger partial charge in [0.05, 0.1) is 10.6 Å². The largest absolute Gasteiger partial charge is 0.465 e. The summed E-state index contributed by atoms with van der Waals surface area (Å²) in [6, 6.07) is 1.79. The number of rotatable bonds is 4. The summed E-state index contributed by atoms with van der Waals surface area (Å²) in [6.07, 6.45) is 3.87. The van der Waals surface area contributed by atoms with E-state index in [0.29, 0.717) is 23.1 Å². The van der Waals surface area contributed by atoms with Crippen molar-refractivity contribution in [2.24, 2.45) is 5.92 Å². The van der Waals surface area contributed by atoms with Crippen molar-refractivity contribution in [1.29, 1.82) is 0 Å². The second-order valence-corrected chi connectivity index (χ2v) is 9.16. The summed E-state index contributed by atoms with van der Waals surface area (Å²) in [5, 5.41) is 11.3. The predicted molar refractivity (Wildman–Crippen MR) is 111 cm³/mol. The lowest BCUT2D eigenvalue weighted by molar-refractivity contribution is -0.115. The van der Waals surface area contributed by atoms with Crippen LogP contribution in [0.25, 0.3) is 6.08 Å². The molecule has 156 valence electrons. The minimum atomic E-state index is -0.888. The Labute approximate surface area is 173 Å². The number of nitrogens with zero attached hydrogens (tertiary/aromatic N) is 4. The molecule has 2 saturated heterocycles. The van der Waals surface area contributed by atoms with E-state index in [0.717, 1.165) is 43.5 Å². The van der Waals surface area contributed by atoms with E-state index in [1.54, 1.807) is 12.1 Å². The van der Waals surface area contributed by atoms with Crippen molar-refractivity contribution in [3.8, 4) is 0 Å². The molecule has 2 aliphatic heterocycles. The first kappa shape index (κ1) is 21.1. The fourth-order valence-electron chi connectivity index (χ4n) is 3.41. The molecule has 2 N–H and O–H groups in total. The van der Waals surface area contributed by atoms with Crippen LogP contribution in [-0.2, 0) is 4.79 Å². The SMILES string of the molecule is CC(C)(C)N(CC1CCN(c2cc(/C=C3\SC(=O)NC3=O)ncn2)CC1)C(=O)O. The van der Waals surface area contributed by atoms with E-state index >= 15 is 0 Å². The standard InChI is InChI=1S/C19H25N5O4S/c1-19(2,3)24(18(27)28)10-12-4-6-23(7-5-12)15-9-13(20-11-21-15)8-14-16(25)22-17(26)29-14/h8-9,11-12H,4-7,10H2,1-3H3,(H,27,28)(H,22,25,26)/b14-8-. The molecule has 3 amide bonds. The van der Waals surface area contributed by atoms with E-state index in [9.17, 15) is 19.5 Å². The second kappa shape index (κ2) is 8.40. The molecule has 3 heterocycles. The van der Waals surface area contributed by atoms with Crippen molar-refractivity contribution in [1.82, 2.24) is 20.2 Å². The number of carbonyl (C=O) groups excluding carboxylic acids is 2. The first-order chi connectivity index (χ1) is 13.6. The molecule has 1 aromatic heterocycles. The third kappa shape index (κ3) is 5.26. The summed E-state index contributed by atoms with van der Waals surface area (Å²) in [5.74, 6) is 0.642. The molecule has 0 aliphatic carbocycles. The highest BCUT2D eigenvalue weighted by Crippen LogP contribution is 2.27. The van der Waals surface area contributed by atoms with Crippen molar-refractivity contribution in [3.05, 3.63) is 23.0 Å². The first-order valence-corrected chi connectivity index (χ1v) is 10.3. The molecule has 3 rings (SSSR count). The van der Waals surface area contributed by atoms with Gasteiger partial charge < -0.3 is 14.9 Å². The van der Waals surface area contributed by atoms with Crippen LogP contribution < -0.4 is 10.2 Å². The summed E-state index contributed by atoms with van der Waals surface area (Å²) in [4.78, 5) is 47.0. The van der Waals surface area contributed by atoms with Gasteiger partial charge >= 0.3 is 6.09 Å². The van der Waals surface area contributed by atoms with E-state index in [1.165, 1.54) is 11.2 Å². The average molecular weight is 420 g/mol. The number of thioether (sulfide) groups is 1. The van der Waals surface area contributed by atoms with Crippen molar-refractivity contribution in [2.75, 3.05) is 24.5 Å². The summed E-state index contributed by atoms with van der Waals surface area (Å²) in [6.45, 7) is 7.77. The second-order valence-electron chi connectivity index (χ2n) is 8.15. The minimum absolute atomic E-state index is 0.301. The molecule has 0 unspecified atom stereocenters. The number of imide groups is 1. The lowest BCUT2D eigenvalue weighted by Gasteiger charge is -2.39. The van der Waals surface area contributed by atoms with Gasteiger partial charge in [-0.25, -0.2) is 14.8 Å². The van der Waals surface area contributed by atoms with Crippen LogP contribution in [0.5, 0.6) is 0 Å². The van der Waals surface area contributed by atoms with Crippen LogP contribution >= 0.6 is 11.8 Å². The van der Waals surface area contributed by atoms with Gasteiger partial charge in [-0.05, 0) is 57.4 Å². The zero-order chi connectivity index (χ0) is 21.2. The maximum absolute atomic E-state index is 11.7. The number of carbonyl (C=O) groups is 3. The Kier molecular flexibility index (Phi) is 6.11. The molecular formula is C19H25N5O4S. The van der Waals surface area contributed by atoms with Gasteiger partial charge in [0, 0.05) is 31.2 Å². The number of hydrogen-bond donors (Lipinski definition) is 2. The van der Waals surface area contributed by atoms with E-state index in [2.05, 4.69) is 20.2 Å². The van der Waals surface area contributed by atoms with Crippen LogP contribution in [0.2, 0.25) is 0 Å². The van der Waals surface area contributed by atoms with Crippen molar-refractivity contribution in [3.63, 3.8) is 0 Å². The molecular weight excluding hydrogens is 394 g/mol. The molecule has 29 heavy (non-hydrogen) atoms. The summed E-state index contributed by atoms with van der Waals surface area (Å²) < 4.78 is 0. The molecule has 0 bridgehead atoms. The highest BCUT2D eigenvalue weighted by molar-refractivity contribution is 8.18. The number of piperidine rings is 1. The highest BCUT2D eigenvalue weighted by atomic mass is 32.2. The molecule has 1 aromatic rings. The number of anilines is 1. The van der Waals surface area contributed by atoms with Crippen LogP contribution in [0.1, 0.15) is 39.3 Å². The monoisotopic (exact) mass is 419 g/mol. The quantitative estimate of drug-likeness (QED) is 0.716. The number of carboxylic acid groups (broad SMARTS) is 1. The predicted octanol–water partition coefficient (Wildman–Crippen LogP) is 2.80.